The minimum absolute atomic E-state index is 0.0000392. The molecule has 0 heterocycles. The van der Waals surface area contributed by atoms with Gasteiger partial charge in [0, 0.05) is 34.0 Å². The van der Waals surface area contributed by atoms with Gasteiger partial charge in [0.25, 0.3) is 0 Å². The zero-order chi connectivity index (χ0) is 25.2. The van der Waals surface area contributed by atoms with Crippen molar-refractivity contribution in [3.05, 3.63) is 104 Å². The topological polar surface area (TPSA) is 49.4 Å². The summed E-state index contributed by atoms with van der Waals surface area (Å²) < 4.78 is 0.906. The SMILES string of the molecule is CCCCNC(=O)[C@@H](Cc1ccccc1)N(Cc1cccc(Br)c1)C(=O)Cc1c(Cl)cccc1Cl. The fourth-order valence-electron chi connectivity index (χ4n) is 3.85. The van der Waals surface area contributed by atoms with Crippen LogP contribution in [0.5, 0.6) is 0 Å². The van der Waals surface area contributed by atoms with E-state index in [1.807, 2.05) is 54.6 Å². The molecule has 0 aliphatic carbocycles. The molecule has 1 atom stereocenters. The first-order valence-corrected chi connectivity index (χ1v) is 13.2. The maximum atomic E-state index is 13.8. The van der Waals surface area contributed by atoms with Gasteiger partial charge >= 0.3 is 0 Å². The predicted molar refractivity (Wildman–Crippen MR) is 147 cm³/mol. The number of carbonyl (C=O) groups is 2. The summed E-state index contributed by atoms with van der Waals surface area (Å²) in [6.45, 7) is 2.92. The van der Waals surface area contributed by atoms with Crippen molar-refractivity contribution in [1.29, 1.82) is 0 Å². The number of carbonyl (C=O) groups excluding carboxylic acids is 2. The van der Waals surface area contributed by atoms with Crippen LogP contribution in [0.3, 0.4) is 0 Å². The third kappa shape index (κ3) is 8.09. The van der Waals surface area contributed by atoms with Gasteiger partial charge in [0.05, 0.1) is 6.42 Å². The molecular weight excluding hydrogens is 547 g/mol. The van der Waals surface area contributed by atoms with Gasteiger partial charge in [-0.3, -0.25) is 9.59 Å². The van der Waals surface area contributed by atoms with E-state index in [1.54, 1.807) is 23.1 Å². The summed E-state index contributed by atoms with van der Waals surface area (Å²) in [6.07, 6.45) is 2.24. The minimum atomic E-state index is -0.693. The maximum Gasteiger partial charge on any atom is 0.243 e. The van der Waals surface area contributed by atoms with Gasteiger partial charge in [-0.05, 0) is 47.4 Å². The highest BCUT2D eigenvalue weighted by Crippen LogP contribution is 2.26. The Labute approximate surface area is 225 Å². The van der Waals surface area contributed by atoms with E-state index >= 15 is 0 Å². The zero-order valence-electron chi connectivity index (χ0n) is 19.6. The smallest absolute Gasteiger partial charge is 0.243 e. The highest BCUT2D eigenvalue weighted by Gasteiger charge is 2.31. The lowest BCUT2D eigenvalue weighted by Gasteiger charge is -2.32. The summed E-state index contributed by atoms with van der Waals surface area (Å²) >= 11 is 16.3. The molecule has 184 valence electrons. The third-order valence-electron chi connectivity index (χ3n) is 5.73. The van der Waals surface area contributed by atoms with E-state index in [2.05, 4.69) is 28.2 Å². The van der Waals surface area contributed by atoms with E-state index in [9.17, 15) is 9.59 Å². The van der Waals surface area contributed by atoms with Gasteiger partial charge in [-0.2, -0.15) is 0 Å². The van der Waals surface area contributed by atoms with E-state index in [4.69, 9.17) is 23.2 Å². The van der Waals surface area contributed by atoms with E-state index in [0.29, 0.717) is 28.6 Å². The summed E-state index contributed by atoms with van der Waals surface area (Å²) in [4.78, 5) is 28.9. The lowest BCUT2D eigenvalue weighted by molar-refractivity contribution is -0.140. The number of benzene rings is 3. The Morgan fingerprint density at radius 1 is 0.943 bits per heavy atom. The number of nitrogens with one attached hydrogen (secondary N) is 1. The van der Waals surface area contributed by atoms with Gasteiger partial charge in [-0.25, -0.2) is 0 Å². The molecule has 3 rings (SSSR count). The Bertz CT molecular complexity index is 1120. The van der Waals surface area contributed by atoms with Crippen molar-refractivity contribution in [2.24, 2.45) is 0 Å². The third-order valence-corrected chi connectivity index (χ3v) is 6.93. The number of hydrogen-bond donors (Lipinski definition) is 1. The van der Waals surface area contributed by atoms with E-state index in [-0.39, 0.29) is 24.8 Å². The zero-order valence-corrected chi connectivity index (χ0v) is 22.7. The molecule has 35 heavy (non-hydrogen) atoms. The standard InChI is InChI=1S/C28H29BrCl2N2O2/c1-2-3-15-32-28(35)26(17-20-9-5-4-6-10-20)33(19-21-11-7-12-22(29)16-21)27(34)18-23-24(30)13-8-14-25(23)31/h4-14,16,26H,2-3,15,17-19H2,1H3,(H,32,35)/t26-/m1/s1. The summed E-state index contributed by atoms with van der Waals surface area (Å²) in [5, 5.41) is 3.89. The van der Waals surface area contributed by atoms with Gasteiger partial charge in [0.2, 0.25) is 11.8 Å². The maximum absolute atomic E-state index is 13.8. The summed E-state index contributed by atoms with van der Waals surface area (Å²) in [6, 6.07) is 22.0. The van der Waals surface area contributed by atoms with E-state index in [1.165, 1.54) is 0 Å². The number of amides is 2. The van der Waals surface area contributed by atoms with Crippen molar-refractivity contribution in [2.75, 3.05) is 6.54 Å². The van der Waals surface area contributed by atoms with Crippen molar-refractivity contribution in [2.45, 2.75) is 45.2 Å². The van der Waals surface area contributed by atoms with Crippen LogP contribution in [-0.4, -0.2) is 29.3 Å². The highest BCUT2D eigenvalue weighted by molar-refractivity contribution is 9.10. The monoisotopic (exact) mass is 574 g/mol. The van der Waals surface area contributed by atoms with Crippen molar-refractivity contribution in [3.63, 3.8) is 0 Å². The molecule has 0 spiro atoms. The van der Waals surface area contributed by atoms with Crippen molar-refractivity contribution in [1.82, 2.24) is 10.2 Å². The molecule has 0 aliphatic rings. The molecule has 0 fully saturated rings. The molecule has 7 heteroatoms. The molecular formula is C28H29BrCl2N2O2. The minimum Gasteiger partial charge on any atom is -0.354 e. The fourth-order valence-corrected chi connectivity index (χ4v) is 4.82. The first kappa shape index (κ1) is 27.3. The first-order valence-electron chi connectivity index (χ1n) is 11.7. The molecule has 0 bridgehead atoms. The molecule has 0 radical (unpaired) electrons. The number of halogens is 3. The number of unbranched alkanes of at least 4 members (excludes halogenated alkanes) is 1. The van der Waals surface area contributed by atoms with Crippen molar-refractivity contribution >= 4 is 50.9 Å². The number of hydrogen-bond acceptors (Lipinski definition) is 2. The van der Waals surface area contributed by atoms with Crippen LogP contribution in [0.15, 0.2) is 77.3 Å². The summed E-state index contributed by atoms with van der Waals surface area (Å²) in [5.74, 6) is -0.387. The van der Waals surface area contributed by atoms with Gasteiger partial charge < -0.3 is 10.2 Å². The number of nitrogens with zero attached hydrogens (tertiary/aromatic N) is 1. The first-order chi connectivity index (χ1) is 16.9. The van der Waals surface area contributed by atoms with E-state index in [0.717, 1.165) is 28.4 Å². The fraction of sp³-hybridized carbons (Fsp3) is 0.286. The van der Waals surface area contributed by atoms with Gasteiger partial charge in [-0.1, -0.05) is 101 Å². The Hall–Kier alpha value is -2.34. The van der Waals surface area contributed by atoms with Crippen LogP contribution in [0.2, 0.25) is 10.0 Å². The van der Waals surface area contributed by atoms with Crippen molar-refractivity contribution < 1.29 is 9.59 Å². The number of rotatable bonds is 11. The summed E-state index contributed by atoms with van der Waals surface area (Å²) in [5.41, 5.74) is 2.45. The van der Waals surface area contributed by atoms with Crippen molar-refractivity contribution in [3.8, 4) is 0 Å². The van der Waals surface area contributed by atoms with Crippen LogP contribution >= 0.6 is 39.1 Å². The molecule has 2 amide bonds. The van der Waals surface area contributed by atoms with Crippen LogP contribution in [0.1, 0.15) is 36.5 Å². The van der Waals surface area contributed by atoms with Crippen LogP contribution in [0.4, 0.5) is 0 Å². The lowest BCUT2D eigenvalue weighted by Crippen LogP contribution is -2.51. The molecule has 0 saturated heterocycles. The highest BCUT2D eigenvalue weighted by atomic mass is 79.9. The molecule has 1 N–H and O–H groups in total. The molecule has 0 aromatic heterocycles. The van der Waals surface area contributed by atoms with Gasteiger partial charge in [-0.15, -0.1) is 0 Å². The second-order valence-electron chi connectivity index (χ2n) is 8.38. The second-order valence-corrected chi connectivity index (χ2v) is 10.1. The summed E-state index contributed by atoms with van der Waals surface area (Å²) in [7, 11) is 0. The molecule has 4 nitrogen and oxygen atoms in total. The quantitative estimate of drug-likeness (QED) is 0.254. The molecule has 3 aromatic carbocycles. The second kappa shape index (κ2) is 13.7. The molecule has 0 aliphatic heterocycles. The molecule has 0 saturated carbocycles. The predicted octanol–water partition coefficient (Wildman–Crippen LogP) is 6.85. The van der Waals surface area contributed by atoms with E-state index < -0.39 is 6.04 Å². The Kier molecular flexibility index (Phi) is 10.6. The largest absolute Gasteiger partial charge is 0.354 e. The van der Waals surface area contributed by atoms with Crippen LogP contribution in [0, 0.1) is 0 Å². The van der Waals surface area contributed by atoms with Crippen LogP contribution in [0.25, 0.3) is 0 Å². The van der Waals surface area contributed by atoms with Gasteiger partial charge in [0.1, 0.15) is 6.04 Å². The molecule has 3 aromatic rings. The average Bonchev–Trinajstić information content (AvgIpc) is 2.84. The van der Waals surface area contributed by atoms with Gasteiger partial charge in [0.15, 0.2) is 0 Å². The lowest BCUT2D eigenvalue weighted by atomic mass is 10.0. The Balaban J connectivity index is 1.98. The average molecular weight is 576 g/mol. The Morgan fingerprint density at radius 3 is 2.26 bits per heavy atom. The molecule has 0 unspecified atom stereocenters. The van der Waals surface area contributed by atoms with Crippen LogP contribution < -0.4 is 5.32 Å². The van der Waals surface area contributed by atoms with Crippen LogP contribution in [-0.2, 0) is 29.0 Å². The Morgan fingerprint density at radius 2 is 1.60 bits per heavy atom. The normalized spacial score (nSPS) is 11.7.